The molecule has 2 bridgehead atoms. The number of fused-ring (bicyclic) bond motifs is 2. The molecular weight excluding hydrogens is 294 g/mol. The van der Waals surface area contributed by atoms with Crippen LogP contribution in [-0.4, -0.2) is 23.4 Å². The fourth-order valence-electron chi connectivity index (χ4n) is 4.51. The van der Waals surface area contributed by atoms with Crippen molar-refractivity contribution in [2.75, 3.05) is 4.90 Å². The number of imide groups is 1. The number of ketones is 2. The summed E-state index contributed by atoms with van der Waals surface area (Å²) in [6, 6.07) is 5.57. The van der Waals surface area contributed by atoms with Gasteiger partial charge < -0.3 is 0 Å². The van der Waals surface area contributed by atoms with Gasteiger partial charge in [-0.3, -0.25) is 19.2 Å². The smallest absolute Gasteiger partial charge is 0.238 e. The highest BCUT2D eigenvalue weighted by Gasteiger charge is 2.63. The maximum absolute atomic E-state index is 12.9. The van der Waals surface area contributed by atoms with E-state index >= 15 is 0 Å². The van der Waals surface area contributed by atoms with Crippen molar-refractivity contribution in [2.45, 2.75) is 26.7 Å². The Labute approximate surface area is 133 Å². The number of Topliss-reactive ketones (excluding diaryl/α,β-unsaturated/α-hetero) is 2. The minimum Gasteiger partial charge on any atom is -0.299 e. The van der Waals surface area contributed by atoms with Gasteiger partial charge >= 0.3 is 0 Å². The van der Waals surface area contributed by atoms with Crippen LogP contribution in [0.1, 0.15) is 24.0 Å². The highest BCUT2D eigenvalue weighted by atomic mass is 16.2. The van der Waals surface area contributed by atoms with E-state index in [1.807, 2.05) is 19.9 Å². The first kappa shape index (κ1) is 14.3. The van der Waals surface area contributed by atoms with Crippen LogP contribution in [-0.2, 0) is 19.2 Å². The molecule has 1 aliphatic heterocycles. The molecule has 23 heavy (non-hydrogen) atoms. The SMILES string of the molecule is Cc1cc(C)cc(N2C(=O)[C@H]3[C@H](C2=O)[C@H]2CC(=O)[C@@H]3CC2=O)c1. The maximum Gasteiger partial charge on any atom is 0.238 e. The van der Waals surface area contributed by atoms with Crippen molar-refractivity contribution in [3.8, 4) is 0 Å². The van der Waals surface area contributed by atoms with Gasteiger partial charge in [0.1, 0.15) is 11.6 Å². The van der Waals surface area contributed by atoms with Gasteiger partial charge in [-0.1, -0.05) is 6.07 Å². The van der Waals surface area contributed by atoms with E-state index in [-0.39, 0.29) is 36.2 Å². The minimum atomic E-state index is -0.646. The number of hydrogen-bond acceptors (Lipinski definition) is 4. The molecule has 0 aromatic heterocycles. The van der Waals surface area contributed by atoms with Crippen LogP contribution < -0.4 is 4.90 Å². The van der Waals surface area contributed by atoms with Crippen molar-refractivity contribution < 1.29 is 19.2 Å². The van der Waals surface area contributed by atoms with Crippen molar-refractivity contribution in [1.82, 2.24) is 0 Å². The normalized spacial score (nSPS) is 32.7. The second kappa shape index (κ2) is 4.60. The largest absolute Gasteiger partial charge is 0.299 e. The second-order valence-electron chi connectivity index (χ2n) is 6.96. The van der Waals surface area contributed by atoms with Gasteiger partial charge in [-0.2, -0.15) is 0 Å². The van der Waals surface area contributed by atoms with E-state index in [9.17, 15) is 19.2 Å². The van der Waals surface area contributed by atoms with Crippen LogP contribution in [0.4, 0.5) is 5.69 Å². The monoisotopic (exact) mass is 311 g/mol. The van der Waals surface area contributed by atoms with Crippen molar-refractivity contribution in [1.29, 1.82) is 0 Å². The van der Waals surface area contributed by atoms with Crippen molar-refractivity contribution in [2.24, 2.45) is 23.7 Å². The van der Waals surface area contributed by atoms with Gasteiger partial charge in [0.15, 0.2) is 0 Å². The lowest BCUT2D eigenvalue weighted by Crippen LogP contribution is -2.51. The lowest BCUT2D eigenvalue weighted by Gasteiger charge is -2.40. The van der Waals surface area contributed by atoms with Gasteiger partial charge in [-0.25, -0.2) is 4.90 Å². The molecule has 5 nitrogen and oxygen atoms in total. The predicted octanol–water partition coefficient (Wildman–Crippen LogP) is 1.59. The molecule has 4 fully saturated rings. The molecule has 0 radical (unpaired) electrons. The molecule has 3 aliphatic carbocycles. The highest BCUT2D eigenvalue weighted by Crippen LogP contribution is 2.50. The van der Waals surface area contributed by atoms with Crippen LogP contribution in [0.5, 0.6) is 0 Å². The summed E-state index contributed by atoms with van der Waals surface area (Å²) in [6.45, 7) is 3.82. The van der Waals surface area contributed by atoms with E-state index in [0.29, 0.717) is 5.69 Å². The first-order valence-electron chi connectivity index (χ1n) is 7.90. The zero-order chi connectivity index (χ0) is 16.5. The van der Waals surface area contributed by atoms with E-state index < -0.39 is 23.7 Å². The molecular formula is C18H17NO4. The van der Waals surface area contributed by atoms with Crippen molar-refractivity contribution in [3.63, 3.8) is 0 Å². The van der Waals surface area contributed by atoms with Gasteiger partial charge in [0, 0.05) is 24.7 Å². The van der Waals surface area contributed by atoms with Crippen LogP contribution in [0.25, 0.3) is 0 Å². The third-order valence-corrected chi connectivity index (χ3v) is 5.40. The van der Waals surface area contributed by atoms with Gasteiger partial charge in [0.25, 0.3) is 0 Å². The number of rotatable bonds is 1. The van der Waals surface area contributed by atoms with Crippen LogP contribution in [0.15, 0.2) is 18.2 Å². The molecule has 118 valence electrons. The lowest BCUT2D eigenvalue weighted by molar-refractivity contribution is -0.153. The number of amides is 2. The molecule has 2 amide bonds. The highest BCUT2D eigenvalue weighted by molar-refractivity contribution is 6.25. The predicted molar refractivity (Wildman–Crippen MR) is 81.6 cm³/mol. The van der Waals surface area contributed by atoms with Gasteiger partial charge in [0.2, 0.25) is 11.8 Å². The lowest BCUT2D eigenvalue weighted by atomic mass is 9.58. The first-order chi connectivity index (χ1) is 10.9. The molecule has 0 N–H and O–H groups in total. The Morgan fingerprint density at radius 3 is 1.65 bits per heavy atom. The van der Waals surface area contributed by atoms with Crippen LogP contribution in [0.2, 0.25) is 0 Å². The molecule has 1 aromatic rings. The molecule has 4 atom stereocenters. The summed E-state index contributed by atoms with van der Waals surface area (Å²) in [4.78, 5) is 51.1. The molecule has 0 unspecified atom stereocenters. The number of benzene rings is 1. The zero-order valence-electron chi connectivity index (χ0n) is 13.0. The summed E-state index contributed by atoms with van der Waals surface area (Å²) < 4.78 is 0. The Morgan fingerprint density at radius 1 is 0.783 bits per heavy atom. The van der Waals surface area contributed by atoms with Gasteiger partial charge in [-0.05, 0) is 37.1 Å². The van der Waals surface area contributed by atoms with Gasteiger partial charge in [0.05, 0.1) is 17.5 Å². The summed E-state index contributed by atoms with van der Waals surface area (Å²) in [5, 5.41) is 0. The quantitative estimate of drug-likeness (QED) is 0.738. The Balaban J connectivity index is 1.80. The number of hydrogen-bond donors (Lipinski definition) is 0. The van der Waals surface area contributed by atoms with Crippen LogP contribution >= 0.6 is 0 Å². The standard InChI is InChI=1S/C18H17NO4/c1-8-3-9(2)5-10(4-8)19-17(22)15-11-6-13(20)12(7-14(11)21)16(15)18(19)23/h3-5,11-12,15-16H,6-7H2,1-2H3/t11-,12-,15+,16+/m0/s1. The molecule has 1 aromatic carbocycles. The van der Waals surface area contributed by atoms with Crippen molar-refractivity contribution in [3.05, 3.63) is 29.3 Å². The third kappa shape index (κ3) is 1.85. The van der Waals surface area contributed by atoms with E-state index in [2.05, 4.69) is 0 Å². The summed E-state index contributed by atoms with van der Waals surface area (Å²) >= 11 is 0. The van der Waals surface area contributed by atoms with E-state index in [1.54, 1.807) is 12.1 Å². The van der Waals surface area contributed by atoms with E-state index in [0.717, 1.165) is 11.1 Å². The van der Waals surface area contributed by atoms with E-state index in [1.165, 1.54) is 4.90 Å². The second-order valence-corrected chi connectivity index (χ2v) is 6.96. The summed E-state index contributed by atoms with van der Waals surface area (Å²) in [6.07, 6.45) is 0.231. The Morgan fingerprint density at radius 2 is 1.22 bits per heavy atom. The van der Waals surface area contributed by atoms with Crippen molar-refractivity contribution >= 4 is 29.1 Å². The molecule has 0 spiro atoms. The fraction of sp³-hybridized carbons (Fsp3) is 0.444. The Bertz CT molecular complexity index is 721. The topological polar surface area (TPSA) is 71.5 Å². The summed E-state index contributed by atoms with van der Waals surface area (Å²) in [7, 11) is 0. The Kier molecular flexibility index (Phi) is 2.86. The summed E-state index contributed by atoms with van der Waals surface area (Å²) in [5.74, 6) is -3.23. The number of carbonyl (C=O) groups is 4. The fourth-order valence-corrected chi connectivity index (χ4v) is 4.51. The molecule has 1 heterocycles. The maximum atomic E-state index is 12.9. The molecule has 5 heteroatoms. The first-order valence-corrected chi connectivity index (χ1v) is 7.90. The molecule has 1 saturated heterocycles. The average molecular weight is 311 g/mol. The van der Waals surface area contributed by atoms with Gasteiger partial charge in [-0.15, -0.1) is 0 Å². The molecule has 3 saturated carbocycles. The van der Waals surface area contributed by atoms with E-state index in [4.69, 9.17) is 0 Å². The average Bonchev–Trinajstić information content (AvgIpc) is 2.72. The summed E-state index contributed by atoms with van der Waals surface area (Å²) in [5.41, 5.74) is 2.47. The number of carbonyl (C=O) groups excluding carboxylic acids is 4. The Hall–Kier alpha value is -2.30. The molecule has 5 rings (SSSR count). The van der Waals surface area contributed by atoms with Crippen LogP contribution in [0, 0.1) is 37.5 Å². The number of nitrogens with zero attached hydrogens (tertiary/aromatic N) is 1. The number of aryl methyl sites for hydroxylation is 2. The zero-order valence-corrected chi connectivity index (χ0v) is 13.0. The minimum absolute atomic E-state index is 0.0423. The third-order valence-electron chi connectivity index (χ3n) is 5.40. The molecule has 4 aliphatic rings. The number of anilines is 1. The van der Waals surface area contributed by atoms with Crippen LogP contribution in [0.3, 0.4) is 0 Å².